The van der Waals surface area contributed by atoms with Crippen molar-refractivity contribution in [2.75, 3.05) is 20.2 Å². The molecule has 0 spiro atoms. The molecule has 0 bridgehead atoms. The number of carbonyl (C=O) groups excluding carboxylic acids is 1. The van der Waals surface area contributed by atoms with Crippen LogP contribution in [-0.4, -0.2) is 45.3 Å². The van der Waals surface area contributed by atoms with Crippen LogP contribution in [0.2, 0.25) is 0 Å². The molecule has 0 fully saturated rings. The lowest BCUT2D eigenvalue weighted by molar-refractivity contribution is -0.140. The Hall–Kier alpha value is -1.89. The van der Waals surface area contributed by atoms with Gasteiger partial charge < -0.3 is 9.64 Å². The largest absolute Gasteiger partial charge is 0.468 e. The molecule has 0 saturated carbocycles. The van der Waals surface area contributed by atoms with Crippen LogP contribution < -0.4 is 0 Å². The first-order chi connectivity index (χ1) is 9.49. The van der Waals surface area contributed by atoms with E-state index in [2.05, 4.69) is 9.13 Å². The van der Waals surface area contributed by atoms with Crippen LogP contribution in [0.4, 0.5) is 0 Å². The molecule has 1 aliphatic rings. The van der Waals surface area contributed by atoms with Crippen molar-refractivity contribution in [3.05, 3.63) is 29.8 Å². The van der Waals surface area contributed by atoms with Crippen molar-refractivity contribution in [3.8, 4) is 0 Å². The second-order valence-electron chi connectivity index (χ2n) is 4.38. The Kier molecular flexibility index (Phi) is 4.08. The third-order valence-corrected chi connectivity index (χ3v) is 4.28. The fourth-order valence-corrected chi connectivity index (χ4v) is 3.29. The highest BCUT2D eigenvalue weighted by Gasteiger charge is 2.32. The quantitative estimate of drug-likeness (QED) is 0.775. The fraction of sp³-hybridized carbons (Fsp3) is 0.385. The lowest BCUT2D eigenvalue weighted by Gasteiger charge is -2.22. The van der Waals surface area contributed by atoms with Gasteiger partial charge in [0, 0.05) is 12.1 Å². The number of benzene rings is 1. The zero-order chi connectivity index (χ0) is 14.8. The number of esters is 1. The van der Waals surface area contributed by atoms with E-state index in [0.717, 1.165) is 6.42 Å². The van der Waals surface area contributed by atoms with Crippen LogP contribution in [0.1, 0.15) is 18.9 Å². The van der Waals surface area contributed by atoms with Gasteiger partial charge in [-0.2, -0.15) is 8.42 Å². The van der Waals surface area contributed by atoms with E-state index in [1.165, 1.54) is 13.2 Å². The number of nitrogens with zero attached hydrogens (tertiary/aromatic N) is 2. The van der Waals surface area contributed by atoms with Crippen molar-refractivity contribution in [3.63, 3.8) is 0 Å². The highest BCUT2D eigenvalue weighted by atomic mass is 32.2. The first-order valence-electron chi connectivity index (χ1n) is 6.25. The van der Waals surface area contributed by atoms with Crippen LogP contribution in [0.3, 0.4) is 0 Å². The fourth-order valence-electron chi connectivity index (χ4n) is 2.07. The predicted octanol–water partition coefficient (Wildman–Crippen LogP) is 1.02. The van der Waals surface area contributed by atoms with Crippen molar-refractivity contribution < 1.29 is 17.9 Å². The van der Waals surface area contributed by atoms with Crippen LogP contribution in [-0.2, 0) is 19.6 Å². The number of amidine groups is 1. The van der Waals surface area contributed by atoms with Crippen molar-refractivity contribution in [2.45, 2.75) is 18.2 Å². The summed E-state index contributed by atoms with van der Waals surface area (Å²) in [4.78, 5) is 13.3. The summed E-state index contributed by atoms with van der Waals surface area (Å²) >= 11 is 0. The lowest BCUT2D eigenvalue weighted by Crippen LogP contribution is -2.36. The molecule has 2 rings (SSSR count). The number of rotatable bonds is 4. The Balaban J connectivity index is 2.42. The highest BCUT2D eigenvalue weighted by Crippen LogP contribution is 2.27. The SMILES string of the molecule is CCCN(CC(=O)OC)C1=NS(=O)(=O)c2ccccc21. The van der Waals surface area contributed by atoms with Gasteiger partial charge in [0.15, 0.2) is 5.84 Å². The molecule has 0 aliphatic carbocycles. The van der Waals surface area contributed by atoms with Crippen LogP contribution in [0.15, 0.2) is 33.6 Å². The molecule has 0 atom stereocenters. The van der Waals surface area contributed by atoms with E-state index in [4.69, 9.17) is 0 Å². The van der Waals surface area contributed by atoms with E-state index in [9.17, 15) is 13.2 Å². The van der Waals surface area contributed by atoms with Crippen LogP contribution in [0.25, 0.3) is 0 Å². The van der Waals surface area contributed by atoms with Crippen molar-refractivity contribution >= 4 is 21.8 Å². The molecule has 0 saturated heterocycles. The molecular formula is C13H16N2O4S. The molecule has 108 valence electrons. The van der Waals surface area contributed by atoms with Crippen LogP contribution >= 0.6 is 0 Å². The average molecular weight is 296 g/mol. The number of sulfonamides is 1. The summed E-state index contributed by atoms with van der Waals surface area (Å²) in [5.41, 5.74) is 0.532. The van der Waals surface area contributed by atoms with Crippen molar-refractivity contribution in [1.29, 1.82) is 0 Å². The number of fused-ring (bicyclic) bond motifs is 1. The van der Waals surface area contributed by atoms with E-state index in [1.54, 1.807) is 23.1 Å². The zero-order valence-electron chi connectivity index (χ0n) is 11.4. The van der Waals surface area contributed by atoms with Gasteiger partial charge in [0.05, 0.1) is 7.11 Å². The van der Waals surface area contributed by atoms with E-state index in [0.29, 0.717) is 17.9 Å². The molecule has 0 radical (unpaired) electrons. The normalized spacial score (nSPS) is 15.4. The third kappa shape index (κ3) is 2.67. The maximum Gasteiger partial charge on any atom is 0.325 e. The summed E-state index contributed by atoms with van der Waals surface area (Å²) in [6.07, 6.45) is 0.762. The standard InChI is InChI=1S/C13H16N2O4S/c1-3-8-15(9-12(16)19-2)13-10-6-4-5-7-11(10)20(17,18)14-13/h4-7H,3,8-9H2,1-2H3. The molecule has 1 aromatic carbocycles. The lowest BCUT2D eigenvalue weighted by atomic mass is 10.2. The smallest absolute Gasteiger partial charge is 0.325 e. The van der Waals surface area contributed by atoms with E-state index < -0.39 is 16.0 Å². The maximum absolute atomic E-state index is 12.0. The van der Waals surface area contributed by atoms with E-state index in [-0.39, 0.29) is 11.4 Å². The summed E-state index contributed by atoms with van der Waals surface area (Å²) in [7, 11) is -2.37. The number of hydrogen-bond acceptors (Lipinski definition) is 5. The average Bonchev–Trinajstić information content (AvgIpc) is 2.71. The van der Waals surface area contributed by atoms with Gasteiger partial charge in [-0.1, -0.05) is 19.1 Å². The van der Waals surface area contributed by atoms with Crippen LogP contribution in [0, 0.1) is 0 Å². The molecule has 0 amide bonds. The summed E-state index contributed by atoms with van der Waals surface area (Å²) in [5.74, 6) is -0.115. The minimum absolute atomic E-state index is 0.0208. The van der Waals surface area contributed by atoms with Gasteiger partial charge in [-0.25, -0.2) is 0 Å². The summed E-state index contributed by atoms with van der Waals surface area (Å²) < 4.78 is 32.4. The first-order valence-corrected chi connectivity index (χ1v) is 7.69. The van der Waals surface area contributed by atoms with Gasteiger partial charge in [0.2, 0.25) is 0 Å². The van der Waals surface area contributed by atoms with Gasteiger partial charge in [0.1, 0.15) is 11.4 Å². The minimum Gasteiger partial charge on any atom is -0.468 e. The molecule has 6 nitrogen and oxygen atoms in total. The Morgan fingerprint density at radius 2 is 2.05 bits per heavy atom. The number of ether oxygens (including phenoxy) is 1. The third-order valence-electron chi connectivity index (χ3n) is 2.95. The monoisotopic (exact) mass is 296 g/mol. The summed E-state index contributed by atoms with van der Waals surface area (Å²) in [5, 5.41) is 0. The molecule has 20 heavy (non-hydrogen) atoms. The first kappa shape index (κ1) is 14.5. The molecular weight excluding hydrogens is 280 g/mol. The Labute approximate surface area is 118 Å². The molecule has 1 heterocycles. The predicted molar refractivity (Wildman–Crippen MR) is 74.0 cm³/mol. The molecule has 0 unspecified atom stereocenters. The number of methoxy groups -OCH3 is 1. The number of carbonyl (C=O) groups is 1. The van der Waals surface area contributed by atoms with Crippen molar-refractivity contribution in [2.24, 2.45) is 4.40 Å². The van der Waals surface area contributed by atoms with E-state index >= 15 is 0 Å². The molecule has 1 aromatic rings. The second-order valence-corrected chi connectivity index (χ2v) is 5.96. The second kappa shape index (κ2) is 5.62. The molecule has 1 aliphatic heterocycles. The van der Waals surface area contributed by atoms with Gasteiger partial charge in [0.25, 0.3) is 10.0 Å². The Morgan fingerprint density at radius 1 is 1.35 bits per heavy atom. The minimum atomic E-state index is -3.67. The summed E-state index contributed by atoms with van der Waals surface area (Å²) in [6, 6.07) is 6.61. The highest BCUT2D eigenvalue weighted by molar-refractivity contribution is 7.90. The zero-order valence-corrected chi connectivity index (χ0v) is 12.2. The van der Waals surface area contributed by atoms with Gasteiger partial charge in [-0.15, -0.1) is 4.40 Å². The molecule has 0 aromatic heterocycles. The van der Waals surface area contributed by atoms with Crippen molar-refractivity contribution in [1.82, 2.24) is 4.90 Å². The Morgan fingerprint density at radius 3 is 2.70 bits per heavy atom. The van der Waals surface area contributed by atoms with Gasteiger partial charge in [-0.3, -0.25) is 4.79 Å². The van der Waals surface area contributed by atoms with E-state index in [1.807, 2.05) is 6.92 Å². The maximum atomic E-state index is 12.0. The summed E-state index contributed by atoms with van der Waals surface area (Å²) in [6.45, 7) is 2.45. The van der Waals surface area contributed by atoms with Crippen LogP contribution in [0.5, 0.6) is 0 Å². The Bertz CT molecular complexity index is 652. The molecule has 0 N–H and O–H groups in total. The van der Waals surface area contributed by atoms with Gasteiger partial charge >= 0.3 is 5.97 Å². The van der Waals surface area contributed by atoms with Gasteiger partial charge in [-0.05, 0) is 18.6 Å². The topological polar surface area (TPSA) is 76.0 Å². The molecule has 7 heteroatoms. The number of hydrogen-bond donors (Lipinski definition) is 0.